The Hall–Kier alpha value is -2.69. The first-order valence-electron chi connectivity index (χ1n) is 11.3. The van der Waals surface area contributed by atoms with Crippen LogP contribution in [0, 0.1) is 0 Å². The molecule has 1 unspecified atom stereocenters. The number of hydrogen-bond acceptors (Lipinski definition) is 6. The highest BCUT2D eigenvalue weighted by atomic mass is 35.5. The number of benzene rings is 2. The van der Waals surface area contributed by atoms with Crippen molar-refractivity contribution in [3.8, 4) is 11.5 Å². The molecule has 1 atom stereocenters. The second-order valence-electron chi connectivity index (χ2n) is 8.65. The Morgan fingerprint density at radius 2 is 1.78 bits per heavy atom. The smallest absolute Gasteiger partial charge is 0.244 e. The molecule has 9 nitrogen and oxygen atoms in total. The lowest BCUT2D eigenvalue weighted by molar-refractivity contribution is -0.140. The van der Waals surface area contributed by atoms with E-state index in [-0.39, 0.29) is 31.0 Å². The predicted molar refractivity (Wildman–Crippen MR) is 139 cm³/mol. The number of nitrogens with one attached hydrogen (secondary N) is 1. The SMILES string of the molecule is CCC(C(=O)NC(C)C)N(Cc1ccc(Cl)cc1Cl)C(=O)CN(c1ccc2c(c1)OCO2)S(C)(=O)=O. The van der Waals surface area contributed by atoms with Gasteiger partial charge >= 0.3 is 0 Å². The Morgan fingerprint density at radius 1 is 1.08 bits per heavy atom. The molecule has 3 rings (SSSR count). The minimum absolute atomic E-state index is 0.0163. The fraction of sp³-hybridized carbons (Fsp3) is 0.417. The van der Waals surface area contributed by atoms with Gasteiger partial charge in [0.05, 0.1) is 11.9 Å². The van der Waals surface area contributed by atoms with Crippen LogP contribution >= 0.6 is 23.2 Å². The third kappa shape index (κ3) is 6.74. The number of sulfonamides is 1. The molecule has 0 saturated heterocycles. The van der Waals surface area contributed by atoms with Gasteiger partial charge in [-0.3, -0.25) is 13.9 Å². The summed E-state index contributed by atoms with van der Waals surface area (Å²) in [5.41, 5.74) is 0.804. The van der Waals surface area contributed by atoms with Crippen molar-refractivity contribution in [2.24, 2.45) is 0 Å². The van der Waals surface area contributed by atoms with Crippen LogP contribution < -0.4 is 19.1 Å². The van der Waals surface area contributed by atoms with Crippen molar-refractivity contribution in [2.75, 3.05) is 23.9 Å². The predicted octanol–water partition coefficient (Wildman–Crippen LogP) is 3.82. The Bertz CT molecular complexity index is 1240. The lowest BCUT2D eigenvalue weighted by atomic mass is 10.1. The molecule has 0 radical (unpaired) electrons. The van der Waals surface area contributed by atoms with E-state index in [4.69, 9.17) is 32.7 Å². The molecule has 1 aliphatic heterocycles. The summed E-state index contributed by atoms with van der Waals surface area (Å²) < 4.78 is 37.1. The molecule has 1 aliphatic rings. The van der Waals surface area contributed by atoms with Crippen LogP contribution in [0.15, 0.2) is 36.4 Å². The van der Waals surface area contributed by atoms with Gasteiger partial charge in [0.15, 0.2) is 11.5 Å². The molecule has 0 aliphatic carbocycles. The fourth-order valence-corrected chi connectivity index (χ4v) is 5.10. The lowest BCUT2D eigenvalue weighted by Gasteiger charge is -2.33. The molecule has 2 aromatic carbocycles. The van der Waals surface area contributed by atoms with Gasteiger partial charge in [-0.25, -0.2) is 8.42 Å². The zero-order chi connectivity index (χ0) is 26.6. The summed E-state index contributed by atoms with van der Waals surface area (Å²) in [7, 11) is -3.88. The van der Waals surface area contributed by atoms with Gasteiger partial charge in [0.1, 0.15) is 12.6 Å². The Kier molecular flexibility index (Phi) is 8.97. The second-order valence-corrected chi connectivity index (χ2v) is 11.4. The number of carbonyl (C=O) groups is 2. The van der Waals surface area contributed by atoms with E-state index in [1.54, 1.807) is 31.2 Å². The van der Waals surface area contributed by atoms with Gasteiger partial charge in [-0.1, -0.05) is 36.2 Å². The highest BCUT2D eigenvalue weighted by molar-refractivity contribution is 7.92. The molecule has 1 N–H and O–H groups in total. The van der Waals surface area contributed by atoms with Crippen molar-refractivity contribution < 1.29 is 27.5 Å². The molecule has 36 heavy (non-hydrogen) atoms. The van der Waals surface area contributed by atoms with E-state index in [1.807, 2.05) is 13.8 Å². The van der Waals surface area contributed by atoms with E-state index >= 15 is 0 Å². The van der Waals surface area contributed by atoms with E-state index in [0.717, 1.165) is 10.6 Å². The van der Waals surface area contributed by atoms with E-state index in [0.29, 0.717) is 33.5 Å². The van der Waals surface area contributed by atoms with Crippen LogP contribution in [-0.2, 0) is 26.2 Å². The van der Waals surface area contributed by atoms with Crippen LogP contribution in [0.5, 0.6) is 11.5 Å². The molecule has 0 bridgehead atoms. The summed E-state index contributed by atoms with van der Waals surface area (Å²) in [6.45, 7) is 4.89. The van der Waals surface area contributed by atoms with Gasteiger partial charge < -0.3 is 19.7 Å². The summed E-state index contributed by atoms with van der Waals surface area (Å²) >= 11 is 12.4. The first-order valence-corrected chi connectivity index (χ1v) is 13.9. The lowest BCUT2D eigenvalue weighted by Crippen LogP contribution is -2.53. The first kappa shape index (κ1) is 27.9. The maximum Gasteiger partial charge on any atom is 0.244 e. The zero-order valence-electron chi connectivity index (χ0n) is 20.5. The molecule has 0 aromatic heterocycles. The third-order valence-electron chi connectivity index (χ3n) is 5.50. The fourth-order valence-electron chi connectivity index (χ4n) is 3.79. The van der Waals surface area contributed by atoms with E-state index in [9.17, 15) is 18.0 Å². The largest absolute Gasteiger partial charge is 0.454 e. The number of rotatable bonds is 10. The third-order valence-corrected chi connectivity index (χ3v) is 7.22. The standard InChI is InChI=1S/C24H29Cl2N3O6S/c1-5-20(24(31)27-15(2)3)28(12-16-6-7-17(25)10-19(16)26)23(30)13-29(36(4,32)33)18-8-9-21-22(11-18)35-14-34-21/h6-11,15,20H,5,12-14H2,1-4H3,(H,27,31). The second kappa shape index (κ2) is 11.6. The number of anilines is 1. The summed E-state index contributed by atoms with van der Waals surface area (Å²) in [5, 5.41) is 3.59. The zero-order valence-corrected chi connectivity index (χ0v) is 22.8. The molecule has 196 valence electrons. The van der Waals surface area contributed by atoms with Crippen molar-refractivity contribution >= 4 is 50.7 Å². The van der Waals surface area contributed by atoms with Gasteiger partial charge in [-0.15, -0.1) is 0 Å². The normalized spacial score (nSPS) is 13.4. The van der Waals surface area contributed by atoms with Gasteiger partial charge in [-0.05, 0) is 50.1 Å². The minimum Gasteiger partial charge on any atom is -0.454 e. The molecule has 12 heteroatoms. The van der Waals surface area contributed by atoms with E-state index in [2.05, 4.69) is 5.32 Å². The van der Waals surface area contributed by atoms with Gasteiger partial charge in [0.25, 0.3) is 0 Å². The summed E-state index contributed by atoms with van der Waals surface area (Å²) in [4.78, 5) is 28.1. The quantitative estimate of drug-likeness (QED) is 0.476. The van der Waals surface area contributed by atoms with Crippen molar-refractivity contribution in [2.45, 2.75) is 45.8 Å². The maximum absolute atomic E-state index is 13.7. The van der Waals surface area contributed by atoms with Crippen LogP contribution in [0.2, 0.25) is 10.0 Å². The molecule has 0 spiro atoms. The highest BCUT2D eigenvalue weighted by Crippen LogP contribution is 2.36. The van der Waals surface area contributed by atoms with Crippen LogP contribution in [0.1, 0.15) is 32.8 Å². The minimum atomic E-state index is -3.88. The van der Waals surface area contributed by atoms with Crippen LogP contribution in [-0.4, -0.2) is 56.8 Å². The molecular weight excluding hydrogens is 529 g/mol. The van der Waals surface area contributed by atoms with Crippen molar-refractivity contribution in [1.82, 2.24) is 10.2 Å². The Morgan fingerprint density at radius 3 is 2.39 bits per heavy atom. The monoisotopic (exact) mass is 557 g/mol. The number of nitrogens with zero attached hydrogens (tertiary/aromatic N) is 2. The van der Waals surface area contributed by atoms with Crippen LogP contribution in [0.4, 0.5) is 5.69 Å². The number of ether oxygens (including phenoxy) is 2. The summed E-state index contributed by atoms with van der Waals surface area (Å²) in [6.07, 6.45) is 1.31. The average Bonchev–Trinajstić information content (AvgIpc) is 3.25. The average molecular weight is 558 g/mol. The van der Waals surface area contributed by atoms with Gasteiger partial charge in [0, 0.05) is 28.7 Å². The number of carbonyl (C=O) groups excluding carboxylic acids is 2. The first-order chi connectivity index (χ1) is 16.9. The number of halogens is 2. The van der Waals surface area contributed by atoms with Crippen molar-refractivity contribution in [3.05, 3.63) is 52.0 Å². The molecule has 2 aromatic rings. The molecule has 2 amide bonds. The van der Waals surface area contributed by atoms with Crippen molar-refractivity contribution in [3.63, 3.8) is 0 Å². The molecule has 0 fully saturated rings. The van der Waals surface area contributed by atoms with E-state index < -0.39 is 28.5 Å². The molecule has 1 heterocycles. The van der Waals surface area contributed by atoms with E-state index in [1.165, 1.54) is 17.0 Å². The molecular formula is C24H29Cl2N3O6S. The highest BCUT2D eigenvalue weighted by Gasteiger charge is 2.32. The number of amides is 2. The van der Waals surface area contributed by atoms with Gasteiger partial charge in [0.2, 0.25) is 28.6 Å². The summed E-state index contributed by atoms with van der Waals surface area (Å²) in [6, 6.07) is 8.46. The Balaban J connectivity index is 1.97. The topological polar surface area (TPSA) is 105 Å². The molecule has 0 saturated carbocycles. The number of fused-ring (bicyclic) bond motifs is 1. The van der Waals surface area contributed by atoms with Gasteiger partial charge in [-0.2, -0.15) is 0 Å². The maximum atomic E-state index is 13.7. The summed E-state index contributed by atoms with van der Waals surface area (Å²) in [5.74, 6) is -0.0649. The van der Waals surface area contributed by atoms with Crippen LogP contribution in [0.3, 0.4) is 0 Å². The van der Waals surface area contributed by atoms with Crippen LogP contribution in [0.25, 0.3) is 0 Å². The number of hydrogen-bond donors (Lipinski definition) is 1. The van der Waals surface area contributed by atoms with Crippen molar-refractivity contribution in [1.29, 1.82) is 0 Å². The Labute approximate surface area is 221 Å².